The molecule has 7 nitrogen and oxygen atoms in total. The molecule has 4 atom stereocenters. The summed E-state index contributed by atoms with van der Waals surface area (Å²) in [6.45, 7) is -0.997. The molecular weight excluding hydrogens is 372 g/mol. The maximum atomic E-state index is 12.5. The molecule has 1 N–H and O–H groups in total. The van der Waals surface area contributed by atoms with Gasteiger partial charge in [0.15, 0.2) is 6.61 Å². The summed E-state index contributed by atoms with van der Waals surface area (Å²) in [5, 5.41) is 2.89. The molecule has 2 aliphatic carbocycles. The lowest BCUT2D eigenvalue weighted by atomic mass is 9.85. The summed E-state index contributed by atoms with van der Waals surface area (Å²) in [6.07, 6.45) is 4.79. The number of nitrogens with zero attached hydrogens (tertiary/aromatic N) is 1. The van der Waals surface area contributed by atoms with Crippen LogP contribution in [0.25, 0.3) is 0 Å². The molecule has 2 bridgehead atoms. The van der Waals surface area contributed by atoms with E-state index in [-0.39, 0.29) is 35.5 Å². The van der Waals surface area contributed by atoms with Gasteiger partial charge in [-0.2, -0.15) is 0 Å². The fourth-order valence-corrected chi connectivity index (χ4v) is 4.37. The van der Waals surface area contributed by atoms with Gasteiger partial charge >= 0.3 is 5.97 Å². The van der Waals surface area contributed by atoms with Crippen molar-refractivity contribution in [2.45, 2.75) is 6.42 Å². The summed E-state index contributed by atoms with van der Waals surface area (Å²) in [5.41, 5.74) is 0.404. The molecule has 1 aliphatic heterocycles. The van der Waals surface area contributed by atoms with Gasteiger partial charge in [-0.3, -0.25) is 24.1 Å². The van der Waals surface area contributed by atoms with E-state index in [2.05, 4.69) is 5.32 Å². The molecule has 1 aromatic rings. The topological polar surface area (TPSA) is 92.8 Å². The number of imide groups is 1. The minimum Gasteiger partial charge on any atom is -0.454 e. The van der Waals surface area contributed by atoms with Gasteiger partial charge in [0.05, 0.1) is 22.5 Å². The largest absolute Gasteiger partial charge is 0.454 e. The molecule has 4 rings (SSSR count). The first-order valence-electron chi connectivity index (χ1n) is 8.69. The zero-order chi connectivity index (χ0) is 19.1. The smallest absolute Gasteiger partial charge is 0.326 e. The lowest BCUT2D eigenvalue weighted by molar-refractivity contribution is -0.154. The zero-order valence-corrected chi connectivity index (χ0v) is 15.0. The highest BCUT2D eigenvalue weighted by molar-refractivity contribution is 6.33. The van der Waals surface area contributed by atoms with Crippen LogP contribution in [-0.4, -0.2) is 41.7 Å². The van der Waals surface area contributed by atoms with E-state index in [1.165, 1.54) is 0 Å². The second-order valence-corrected chi connectivity index (χ2v) is 7.36. The van der Waals surface area contributed by atoms with Crippen molar-refractivity contribution in [3.05, 3.63) is 41.4 Å². The fraction of sp³-hybridized carbons (Fsp3) is 0.368. The Morgan fingerprint density at radius 3 is 2.37 bits per heavy atom. The Morgan fingerprint density at radius 1 is 1.11 bits per heavy atom. The number of fused-ring (bicyclic) bond motifs is 5. The van der Waals surface area contributed by atoms with Crippen molar-refractivity contribution in [3.63, 3.8) is 0 Å². The van der Waals surface area contributed by atoms with E-state index in [4.69, 9.17) is 16.3 Å². The number of halogens is 1. The first-order chi connectivity index (χ1) is 13.0. The summed E-state index contributed by atoms with van der Waals surface area (Å²) in [7, 11) is 0. The number of para-hydroxylation sites is 1. The van der Waals surface area contributed by atoms with Gasteiger partial charge in [-0.05, 0) is 30.4 Å². The Hall–Kier alpha value is -2.67. The number of hydrogen-bond donors (Lipinski definition) is 1. The molecule has 1 saturated heterocycles. The maximum Gasteiger partial charge on any atom is 0.326 e. The molecule has 3 aliphatic rings. The van der Waals surface area contributed by atoms with Gasteiger partial charge in [0, 0.05) is 0 Å². The van der Waals surface area contributed by atoms with Gasteiger partial charge in [-0.15, -0.1) is 0 Å². The first kappa shape index (κ1) is 17.7. The van der Waals surface area contributed by atoms with Gasteiger partial charge in [0.2, 0.25) is 11.8 Å². The molecule has 8 heteroatoms. The minimum atomic E-state index is -0.800. The third-order valence-electron chi connectivity index (χ3n) is 5.36. The fourth-order valence-electron chi connectivity index (χ4n) is 4.19. The van der Waals surface area contributed by atoms with Crippen LogP contribution in [0.5, 0.6) is 0 Å². The van der Waals surface area contributed by atoms with Gasteiger partial charge in [0.1, 0.15) is 6.54 Å². The molecule has 1 saturated carbocycles. The molecule has 3 amide bonds. The predicted octanol–water partition coefficient (Wildman–Crippen LogP) is 1.63. The number of benzene rings is 1. The molecule has 27 heavy (non-hydrogen) atoms. The van der Waals surface area contributed by atoms with Crippen LogP contribution in [0.15, 0.2) is 36.4 Å². The van der Waals surface area contributed by atoms with Crippen molar-refractivity contribution >= 4 is 41.0 Å². The summed E-state index contributed by atoms with van der Waals surface area (Å²) in [4.78, 5) is 49.9. The Kier molecular flexibility index (Phi) is 4.47. The van der Waals surface area contributed by atoms with E-state index in [0.29, 0.717) is 10.7 Å². The highest BCUT2D eigenvalue weighted by Gasteiger charge is 2.59. The van der Waals surface area contributed by atoms with Gasteiger partial charge < -0.3 is 10.1 Å². The monoisotopic (exact) mass is 388 g/mol. The second kappa shape index (κ2) is 6.81. The summed E-state index contributed by atoms with van der Waals surface area (Å²) >= 11 is 5.94. The number of carbonyl (C=O) groups is 4. The van der Waals surface area contributed by atoms with Crippen LogP contribution < -0.4 is 5.32 Å². The van der Waals surface area contributed by atoms with Crippen molar-refractivity contribution in [2.24, 2.45) is 23.7 Å². The molecule has 0 radical (unpaired) electrons. The third-order valence-corrected chi connectivity index (χ3v) is 5.69. The van der Waals surface area contributed by atoms with Crippen LogP contribution in [-0.2, 0) is 23.9 Å². The first-order valence-corrected chi connectivity index (χ1v) is 9.07. The molecule has 2 fully saturated rings. The van der Waals surface area contributed by atoms with Crippen LogP contribution >= 0.6 is 11.6 Å². The average Bonchev–Trinajstić information content (AvgIpc) is 3.32. The Morgan fingerprint density at radius 2 is 1.74 bits per heavy atom. The number of nitrogens with one attached hydrogen (secondary N) is 1. The van der Waals surface area contributed by atoms with E-state index in [9.17, 15) is 19.2 Å². The standard InChI is InChI=1S/C19H17ClN2O5/c20-12-3-1-2-4-13(12)21-14(23)9-27-15(24)8-22-18(25)16-10-5-6-11(7-10)17(16)19(22)26/h1-6,10-11,16-17H,7-9H2,(H,21,23)/t10-,11+,16-,17-/m0/s1. The van der Waals surface area contributed by atoms with Crippen molar-refractivity contribution in [1.82, 2.24) is 4.90 Å². The van der Waals surface area contributed by atoms with Crippen LogP contribution in [0, 0.1) is 23.7 Å². The van der Waals surface area contributed by atoms with Crippen LogP contribution in [0.1, 0.15) is 6.42 Å². The Bertz CT molecular complexity index is 837. The number of hydrogen-bond acceptors (Lipinski definition) is 5. The quantitative estimate of drug-likeness (QED) is 0.470. The van der Waals surface area contributed by atoms with Crippen molar-refractivity contribution < 1.29 is 23.9 Å². The number of ether oxygens (including phenoxy) is 1. The van der Waals surface area contributed by atoms with Crippen LogP contribution in [0.2, 0.25) is 5.02 Å². The summed E-state index contributed by atoms with van der Waals surface area (Å²) in [5.74, 6) is -2.55. The van der Waals surface area contributed by atoms with Crippen molar-refractivity contribution in [3.8, 4) is 0 Å². The van der Waals surface area contributed by atoms with E-state index in [1.807, 2.05) is 12.2 Å². The Labute approximate surface area is 160 Å². The number of carbonyl (C=O) groups excluding carboxylic acids is 4. The highest BCUT2D eigenvalue weighted by Crippen LogP contribution is 2.52. The number of amides is 3. The van der Waals surface area contributed by atoms with Crippen molar-refractivity contribution in [1.29, 1.82) is 0 Å². The zero-order valence-electron chi connectivity index (χ0n) is 14.3. The summed E-state index contributed by atoms with van der Waals surface area (Å²) in [6, 6.07) is 6.66. The van der Waals surface area contributed by atoms with Gasteiger partial charge in [-0.25, -0.2) is 0 Å². The van der Waals surface area contributed by atoms with Crippen LogP contribution in [0.4, 0.5) is 5.69 Å². The molecule has 0 unspecified atom stereocenters. The lowest BCUT2D eigenvalue weighted by Crippen LogP contribution is -2.38. The normalized spacial score (nSPS) is 27.8. The maximum absolute atomic E-state index is 12.5. The average molecular weight is 389 g/mol. The third kappa shape index (κ3) is 3.12. The van der Waals surface area contributed by atoms with E-state index in [0.717, 1.165) is 11.3 Å². The SMILES string of the molecule is O=C(COC(=O)CN1C(=O)[C@@H]2[C@@H](C1=O)[C@H]1C=C[C@@H]2C1)Nc1ccccc1Cl. The molecule has 140 valence electrons. The summed E-state index contributed by atoms with van der Waals surface area (Å²) < 4.78 is 4.91. The number of rotatable bonds is 5. The molecule has 1 heterocycles. The molecule has 0 aromatic heterocycles. The Balaban J connectivity index is 1.30. The second-order valence-electron chi connectivity index (χ2n) is 6.95. The minimum absolute atomic E-state index is 0.0823. The molecule has 1 aromatic carbocycles. The van der Waals surface area contributed by atoms with Crippen LogP contribution in [0.3, 0.4) is 0 Å². The van der Waals surface area contributed by atoms with E-state index < -0.39 is 25.0 Å². The number of likely N-dealkylation sites (tertiary alicyclic amines) is 1. The predicted molar refractivity (Wildman–Crippen MR) is 95.5 cm³/mol. The van der Waals surface area contributed by atoms with E-state index >= 15 is 0 Å². The number of allylic oxidation sites excluding steroid dienone is 2. The highest BCUT2D eigenvalue weighted by atomic mass is 35.5. The van der Waals surface area contributed by atoms with Gasteiger partial charge in [0.25, 0.3) is 5.91 Å². The molecule has 0 spiro atoms. The molecular formula is C19H17ClN2O5. The number of anilines is 1. The lowest BCUT2D eigenvalue weighted by Gasteiger charge is -2.16. The van der Waals surface area contributed by atoms with Gasteiger partial charge in [-0.1, -0.05) is 35.9 Å². The number of esters is 1. The van der Waals surface area contributed by atoms with E-state index in [1.54, 1.807) is 24.3 Å². The van der Waals surface area contributed by atoms with Crippen molar-refractivity contribution in [2.75, 3.05) is 18.5 Å².